The quantitative estimate of drug-likeness (QED) is 0.563. The molecule has 1 fully saturated rings. The van der Waals surface area contributed by atoms with Gasteiger partial charge >= 0.3 is 16.2 Å². The topological polar surface area (TPSA) is 105 Å². The van der Waals surface area contributed by atoms with Crippen molar-refractivity contribution in [3.63, 3.8) is 0 Å². The van der Waals surface area contributed by atoms with Gasteiger partial charge in [-0.2, -0.15) is 17.8 Å². The van der Waals surface area contributed by atoms with Gasteiger partial charge in [-0.3, -0.25) is 4.68 Å². The molecular formula is C23H38N6O3S2. The molecule has 34 heavy (non-hydrogen) atoms. The predicted octanol–water partition coefficient (Wildman–Crippen LogP) is 4.50. The number of nitrogens with zero attached hydrogens (tertiary/aromatic N) is 5. The van der Waals surface area contributed by atoms with E-state index in [4.69, 9.17) is 5.73 Å². The molecule has 0 aromatic carbocycles. The summed E-state index contributed by atoms with van der Waals surface area (Å²) in [6.45, 7) is 13.5. The number of rotatable bonds is 8. The van der Waals surface area contributed by atoms with Crippen LogP contribution in [0.1, 0.15) is 82.0 Å². The first kappa shape index (κ1) is 26.5. The first-order valence-corrected chi connectivity index (χ1v) is 14.1. The number of primary amides is 1. The van der Waals surface area contributed by atoms with Crippen LogP contribution < -0.4 is 14.3 Å². The number of piperidine rings is 1. The Labute approximate surface area is 207 Å². The Morgan fingerprint density at radius 2 is 1.88 bits per heavy atom. The summed E-state index contributed by atoms with van der Waals surface area (Å²) in [5, 5.41) is 4.38. The number of likely N-dealkylation sites (tertiary alicyclic amines) is 1. The molecule has 0 saturated carbocycles. The molecular weight excluding hydrogens is 472 g/mol. The second-order valence-electron chi connectivity index (χ2n) is 9.94. The Balaban J connectivity index is 2.19. The monoisotopic (exact) mass is 510 g/mol. The van der Waals surface area contributed by atoms with Crippen LogP contribution in [-0.2, 0) is 10.2 Å². The van der Waals surface area contributed by atoms with Gasteiger partial charge in [-0.25, -0.2) is 9.10 Å². The Bertz CT molecular complexity index is 1110. The summed E-state index contributed by atoms with van der Waals surface area (Å²) in [5.41, 5.74) is 6.57. The van der Waals surface area contributed by atoms with Crippen LogP contribution in [0.3, 0.4) is 0 Å². The Morgan fingerprint density at radius 1 is 1.21 bits per heavy atom. The van der Waals surface area contributed by atoms with Gasteiger partial charge < -0.3 is 10.6 Å². The second kappa shape index (κ2) is 10.2. The van der Waals surface area contributed by atoms with Gasteiger partial charge in [0, 0.05) is 28.5 Å². The summed E-state index contributed by atoms with van der Waals surface area (Å²) in [5.74, 6) is 0.226. The lowest BCUT2D eigenvalue weighted by atomic mass is 10.1. The van der Waals surface area contributed by atoms with Crippen molar-refractivity contribution in [2.75, 3.05) is 28.7 Å². The molecule has 1 aliphatic heterocycles. The largest absolute Gasteiger partial charge is 0.350 e. The number of anilines is 2. The number of nitrogens with two attached hydrogens (primary N) is 1. The highest BCUT2D eigenvalue weighted by Gasteiger charge is 2.41. The first-order valence-electron chi connectivity index (χ1n) is 11.8. The Morgan fingerprint density at radius 3 is 2.38 bits per heavy atom. The van der Waals surface area contributed by atoms with Crippen LogP contribution in [0.15, 0.2) is 18.5 Å². The molecule has 0 bridgehead atoms. The van der Waals surface area contributed by atoms with Crippen molar-refractivity contribution in [2.45, 2.75) is 78.3 Å². The molecule has 2 N–H and O–H groups in total. The third-order valence-electron chi connectivity index (χ3n) is 6.05. The molecule has 0 aliphatic carbocycles. The second-order valence-corrected chi connectivity index (χ2v) is 12.7. The fourth-order valence-corrected chi connectivity index (χ4v) is 7.22. The highest BCUT2D eigenvalue weighted by atomic mass is 32.2. The van der Waals surface area contributed by atoms with Gasteiger partial charge in [0.15, 0.2) is 0 Å². The fraction of sp³-hybridized carbons (Fsp3) is 0.652. The molecule has 3 heterocycles. The highest BCUT2D eigenvalue weighted by molar-refractivity contribution is 7.95. The van der Waals surface area contributed by atoms with E-state index in [9.17, 15) is 13.2 Å². The standard InChI is InChI=1S/C23H38N6O3S2/c1-15(2)21-11-20(22(33-21)16(3)4)29(23(24)30)34(31,32)28(18-9-8-10-26(7)13-18)19-12-25-27(14-19)17(5)6/h11-12,14-18H,8-10,13H2,1-7H3,(H2,24,30)/t18-/m1/s1. The third-order valence-corrected chi connectivity index (χ3v) is 9.62. The van der Waals surface area contributed by atoms with Crippen LogP contribution in [0.5, 0.6) is 0 Å². The van der Waals surface area contributed by atoms with Gasteiger partial charge in [0.25, 0.3) is 0 Å². The maximum Gasteiger partial charge on any atom is 0.334 e. The van der Waals surface area contributed by atoms with Gasteiger partial charge in [0.05, 0.1) is 23.6 Å². The summed E-state index contributed by atoms with van der Waals surface area (Å²) in [6, 6.07) is 0.509. The molecule has 1 saturated heterocycles. The van der Waals surface area contributed by atoms with Crippen molar-refractivity contribution in [3.05, 3.63) is 28.2 Å². The maximum absolute atomic E-state index is 14.3. The Kier molecular flexibility index (Phi) is 7.99. The summed E-state index contributed by atoms with van der Waals surface area (Å²) in [7, 11) is -2.38. The molecule has 1 atom stereocenters. The molecule has 190 valence electrons. The molecule has 2 amide bonds. The molecule has 1 aliphatic rings. The van der Waals surface area contributed by atoms with Crippen LogP contribution >= 0.6 is 11.3 Å². The smallest absolute Gasteiger partial charge is 0.334 e. The lowest BCUT2D eigenvalue weighted by molar-refractivity contribution is 0.252. The predicted molar refractivity (Wildman–Crippen MR) is 139 cm³/mol. The van der Waals surface area contributed by atoms with Gasteiger partial charge in [0.2, 0.25) is 0 Å². The van der Waals surface area contributed by atoms with E-state index in [-0.39, 0.29) is 23.9 Å². The van der Waals surface area contributed by atoms with Crippen LogP contribution in [0.2, 0.25) is 0 Å². The average Bonchev–Trinajstić information content (AvgIpc) is 3.35. The van der Waals surface area contributed by atoms with Crippen LogP contribution in [0, 0.1) is 0 Å². The average molecular weight is 511 g/mol. The summed E-state index contributed by atoms with van der Waals surface area (Å²) < 4.78 is 32.5. The van der Waals surface area contributed by atoms with Crippen LogP contribution in [0.4, 0.5) is 16.2 Å². The zero-order chi connectivity index (χ0) is 25.4. The number of urea groups is 1. The van der Waals surface area contributed by atoms with E-state index in [1.165, 1.54) is 15.6 Å². The van der Waals surface area contributed by atoms with Crippen molar-refractivity contribution in [1.82, 2.24) is 14.7 Å². The molecule has 0 spiro atoms. The van der Waals surface area contributed by atoms with Gasteiger partial charge in [0.1, 0.15) is 0 Å². The zero-order valence-corrected chi connectivity index (χ0v) is 22.9. The lowest BCUT2D eigenvalue weighted by Gasteiger charge is -2.39. The number of carbonyl (C=O) groups excluding carboxylic acids is 1. The van der Waals surface area contributed by atoms with Crippen LogP contribution in [-0.4, -0.2) is 55.3 Å². The molecule has 11 heteroatoms. The van der Waals surface area contributed by atoms with E-state index in [1.54, 1.807) is 23.1 Å². The van der Waals surface area contributed by atoms with E-state index in [1.807, 2.05) is 48.6 Å². The minimum Gasteiger partial charge on any atom is -0.350 e. The number of likely N-dealkylation sites (N-methyl/N-ethyl adjacent to an activating group) is 1. The van der Waals surface area contributed by atoms with E-state index < -0.39 is 16.2 Å². The minimum absolute atomic E-state index is 0.0301. The molecule has 0 radical (unpaired) electrons. The summed E-state index contributed by atoms with van der Waals surface area (Å²) in [4.78, 5) is 16.8. The number of carbonyl (C=O) groups is 1. The van der Waals surface area contributed by atoms with E-state index >= 15 is 0 Å². The summed E-state index contributed by atoms with van der Waals surface area (Å²) in [6.07, 6.45) is 4.82. The van der Waals surface area contributed by atoms with E-state index in [0.717, 1.165) is 27.0 Å². The van der Waals surface area contributed by atoms with Gasteiger partial charge in [-0.15, -0.1) is 11.3 Å². The summed E-state index contributed by atoms with van der Waals surface area (Å²) >= 11 is 1.53. The lowest BCUT2D eigenvalue weighted by Crippen LogP contribution is -2.56. The van der Waals surface area contributed by atoms with Crippen molar-refractivity contribution in [2.24, 2.45) is 5.73 Å². The van der Waals surface area contributed by atoms with E-state index in [2.05, 4.69) is 10.00 Å². The van der Waals surface area contributed by atoms with Crippen molar-refractivity contribution in [1.29, 1.82) is 0 Å². The number of thiophene rings is 1. The van der Waals surface area contributed by atoms with Crippen LogP contribution in [0.25, 0.3) is 0 Å². The number of hydrogen-bond donors (Lipinski definition) is 1. The SMILES string of the molecule is CC(C)c1cc(N(C(N)=O)S(=O)(=O)N(c2cnn(C(C)C)c2)[C@@H]2CCCN(C)C2)c(C(C)C)s1. The number of amides is 2. The fourth-order valence-electron chi connectivity index (χ4n) is 4.30. The van der Waals surface area contributed by atoms with Crippen molar-refractivity contribution in [3.8, 4) is 0 Å². The van der Waals surface area contributed by atoms with Gasteiger partial charge in [-0.1, -0.05) is 27.7 Å². The Hall–Kier alpha value is -2.11. The number of aromatic nitrogens is 2. The third kappa shape index (κ3) is 5.26. The van der Waals surface area contributed by atoms with Crippen molar-refractivity contribution < 1.29 is 13.2 Å². The molecule has 3 rings (SSSR count). The first-order chi connectivity index (χ1) is 15.8. The molecule has 2 aromatic heterocycles. The molecule has 2 aromatic rings. The number of hydrogen-bond acceptors (Lipinski definition) is 6. The molecule has 9 nitrogen and oxygen atoms in total. The van der Waals surface area contributed by atoms with Crippen molar-refractivity contribution >= 4 is 39.0 Å². The van der Waals surface area contributed by atoms with E-state index in [0.29, 0.717) is 24.3 Å². The highest BCUT2D eigenvalue weighted by Crippen LogP contribution is 2.41. The normalized spacial score (nSPS) is 17.6. The minimum atomic E-state index is -4.35. The molecule has 0 unspecified atom stereocenters. The maximum atomic E-state index is 14.3. The zero-order valence-electron chi connectivity index (χ0n) is 21.2. The van der Waals surface area contributed by atoms with Gasteiger partial charge in [-0.05, 0) is 58.2 Å².